The Kier molecular flexibility index (Phi) is 8.41. The number of primary amides is 1. The van der Waals surface area contributed by atoms with Crippen LogP contribution in [0, 0.1) is 0 Å². The van der Waals surface area contributed by atoms with Gasteiger partial charge in [0.05, 0.1) is 19.8 Å². The molecule has 0 heterocycles. The summed E-state index contributed by atoms with van der Waals surface area (Å²) in [5.41, 5.74) is 4.92. The number of nitrogens with one attached hydrogen (secondary N) is 1. The van der Waals surface area contributed by atoms with E-state index < -0.39 is 17.9 Å². The second-order valence-corrected chi connectivity index (χ2v) is 3.19. The molecular weight excluding hydrogens is 216 g/mol. The molecule has 7 heteroatoms. The van der Waals surface area contributed by atoms with E-state index in [1.165, 1.54) is 0 Å². The predicted molar refractivity (Wildman–Crippen MR) is 55.8 cm³/mol. The topological polar surface area (TPSA) is 122 Å². The summed E-state index contributed by atoms with van der Waals surface area (Å²) < 4.78 is 4.94. The molecule has 0 aliphatic rings. The Bertz CT molecular complexity index is 222. The number of hydrogen-bond donors (Lipinski definition) is 4. The van der Waals surface area contributed by atoms with Gasteiger partial charge in [0, 0.05) is 13.0 Å². The van der Waals surface area contributed by atoms with E-state index >= 15 is 0 Å². The number of aliphatic hydroxyl groups is 1. The van der Waals surface area contributed by atoms with Gasteiger partial charge in [0.25, 0.3) is 0 Å². The fourth-order valence-electron chi connectivity index (χ4n) is 1.07. The summed E-state index contributed by atoms with van der Waals surface area (Å²) in [6, 6.07) is -0.801. The minimum Gasteiger partial charge on any atom is -0.480 e. The molecule has 7 nitrogen and oxygen atoms in total. The third kappa shape index (κ3) is 8.16. The van der Waals surface area contributed by atoms with Crippen LogP contribution in [0.1, 0.15) is 12.8 Å². The minimum atomic E-state index is -1.02. The lowest BCUT2D eigenvalue weighted by Crippen LogP contribution is -2.39. The zero-order valence-corrected chi connectivity index (χ0v) is 9.02. The van der Waals surface area contributed by atoms with Crippen molar-refractivity contribution >= 4 is 11.9 Å². The van der Waals surface area contributed by atoms with E-state index in [2.05, 4.69) is 5.32 Å². The summed E-state index contributed by atoms with van der Waals surface area (Å²) in [5.74, 6) is -1.55. The maximum absolute atomic E-state index is 10.7. The standard InChI is InChI=1S/C9H18N2O5/c10-8(13)2-1-7(9(14)15)11-3-5-16-6-4-12/h7,11-12H,1-6H2,(H2,10,13)(H,14,15)/t7-/m0/s1. The Morgan fingerprint density at radius 1 is 1.38 bits per heavy atom. The number of ether oxygens (including phenoxy) is 1. The highest BCUT2D eigenvalue weighted by Gasteiger charge is 2.16. The SMILES string of the molecule is NC(=O)CC[C@H](NCCOCCO)C(=O)O. The Balaban J connectivity index is 3.68. The molecule has 0 rings (SSSR count). The number of carbonyl (C=O) groups excluding carboxylic acids is 1. The zero-order chi connectivity index (χ0) is 12.4. The Morgan fingerprint density at radius 2 is 2.06 bits per heavy atom. The van der Waals surface area contributed by atoms with Gasteiger partial charge in [0.15, 0.2) is 0 Å². The summed E-state index contributed by atoms with van der Waals surface area (Å²) in [6.07, 6.45) is 0.187. The summed E-state index contributed by atoms with van der Waals surface area (Å²) in [7, 11) is 0. The molecule has 94 valence electrons. The van der Waals surface area contributed by atoms with E-state index in [4.69, 9.17) is 20.7 Å². The van der Waals surface area contributed by atoms with E-state index in [1.54, 1.807) is 0 Å². The first-order valence-corrected chi connectivity index (χ1v) is 5.01. The molecule has 0 fully saturated rings. The van der Waals surface area contributed by atoms with E-state index in [0.717, 1.165) is 0 Å². The molecule has 0 aliphatic carbocycles. The summed E-state index contributed by atoms with van der Waals surface area (Å²) in [5, 5.41) is 19.9. The van der Waals surface area contributed by atoms with Crippen LogP contribution in [-0.4, -0.2) is 54.5 Å². The van der Waals surface area contributed by atoms with Gasteiger partial charge in [-0.3, -0.25) is 9.59 Å². The first kappa shape index (κ1) is 14.8. The molecule has 0 bridgehead atoms. The highest BCUT2D eigenvalue weighted by atomic mass is 16.5. The van der Waals surface area contributed by atoms with Gasteiger partial charge >= 0.3 is 5.97 Å². The Morgan fingerprint density at radius 3 is 2.56 bits per heavy atom. The fourth-order valence-corrected chi connectivity index (χ4v) is 1.07. The second kappa shape index (κ2) is 9.08. The fraction of sp³-hybridized carbons (Fsp3) is 0.778. The van der Waals surface area contributed by atoms with E-state index in [9.17, 15) is 9.59 Å². The van der Waals surface area contributed by atoms with Crippen molar-refractivity contribution in [2.75, 3.05) is 26.4 Å². The highest BCUT2D eigenvalue weighted by Crippen LogP contribution is 1.96. The van der Waals surface area contributed by atoms with Crippen LogP contribution in [0.2, 0.25) is 0 Å². The molecule has 0 aromatic heterocycles. The van der Waals surface area contributed by atoms with Crippen LogP contribution in [0.3, 0.4) is 0 Å². The molecule has 0 radical (unpaired) electrons. The van der Waals surface area contributed by atoms with Gasteiger partial charge in [0.2, 0.25) is 5.91 Å². The van der Waals surface area contributed by atoms with E-state index in [1.807, 2.05) is 0 Å². The van der Waals surface area contributed by atoms with E-state index in [-0.39, 0.29) is 26.1 Å². The van der Waals surface area contributed by atoms with Crippen LogP contribution in [0.25, 0.3) is 0 Å². The van der Waals surface area contributed by atoms with E-state index in [0.29, 0.717) is 13.2 Å². The van der Waals surface area contributed by atoms with Crippen molar-refractivity contribution in [3.8, 4) is 0 Å². The normalized spacial score (nSPS) is 12.3. The highest BCUT2D eigenvalue weighted by molar-refractivity contribution is 5.77. The Hall–Kier alpha value is -1.18. The van der Waals surface area contributed by atoms with Gasteiger partial charge < -0.3 is 26.0 Å². The lowest BCUT2D eigenvalue weighted by molar-refractivity contribution is -0.139. The maximum Gasteiger partial charge on any atom is 0.320 e. The van der Waals surface area contributed by atoms with Crippen molar-refractivity contribution < 1.29 is 24.5 Å². The van der Waals surface area contributed by atoms with Gasteiger partial charge in [-0.15, -0.1) is 0 Å². The van der Waals surface area contributed by atoms with Gasteiger partial charge in [-0.1, -0.05) is 0 Å². The molecule has 0 spiro atoms. The number of carboxylic acids is 1. The molecule has 0 aliphatic heterocycles. The average molecular weight is 234 g/mol. The third-order valence-corrected chi connectivity index (χ3v) is 1.85. The molecular formula is C9H18N2O5. The molecule has 16 heavy (non-hydrogen) atoms. The number of aliphatic carboxylic acids is 1. The van der Waals surface area contributed by atoms with Crippen LogP contribution in [0.5, 0.6) is 0 Å². The largest absolute Gasteiger partial charge is 0.480 e. The van der Waals surface area contributed by atoms with Crippen molar-refractivity contribution in [1.29, 1.82) is 0 Å². The third-order valence-electron chi connectivity index (χ3n) is 1.85. The van der Waals surface area contributed by atoms with Crippen LogP contribution in [0.4, 0.5) is 0 Å². The quantitative estimate of drug-likeness (QED) is 0.334. The molecule has 5 N–H and O–H groups in total. The number of carboxylic acid groups (broad SMARTS) is 1. The van der Waals surface area contributed by atoms with Crippen molar-refractivity contribution in [2.24, 2.45) is 5.73 Å². The lowest BCUT2D eigenvalue weighted by atomic mass is 10.1. The van der Waals surface area contributed by atoms with Crippen molar-refractivity contribution in [1.82, 2.24) is 5.32 Å². The summed E-state index contributed by atoms with van der Waals surface area (Å²) in [6.45, 7) is 0.807. The number of aliphatic hydroxyl groups excluding tert-OH is 1. The second-order valence-electron chi connectivity index (χ2n) is 3.19. The van der Waals surface area contributed by atoms with Crippen molar-refractivity contribution in [3.63, 3.8) is 0 Å². The molecule has 0 saturated heterocycles. The van der Waals surface area contributed by atoms with Gasteiger partial charge in [-0.2, -0.15) is 0 Å². The number of rotatable bonds is 10. The molecule has 0 saturated carbocycles. The van der Waals surface area contributed by atoms with Crippen LogP contribution in [-0.2, 0) is 14.3 Å². The maximum atomic E-state index is 10.7. The summed E-state index contributed by atoms with van der Waals surface area (Å²) >= 11 is 0. The molecule has 0 aromatic carbocycles. The average Bonchev–Trinajstić information content (AvgIpc) is 2.21. The van der Waals surface area contributed by atoms with Crippen LogP contribution in [0.15, 0.2) is 0 Å². The predicted octanol–water partition coefficient (Wildman–Crippen LogP) is -1.70. The monoisotopic (exact) mass is 234 g/mol. The van der Waals surface area contributed by atoms with Gasteiger partial charge in [0.1, 0.15) is 6.04 Å². The zero-order valence-electron chi connectivity index (χ0n) is 9.02. The first-order chi connectivity index (χ1) is 7.57. The number of amides is 1. The van der Waals surface area contributed by atoms with Crippen molar-refractivity contribution in [2.45, 2.75) is 18.9 Å². The first-order valence-electron chi connectivity index (χ1n) is 5.01. The van der Waals surface area contributed by atoms with Crippen LogP contribution < -0.4 is 11.1 Å². The lowest BCUT2D eigenvalue weighted by Gasteiger charge is -2.13. The molecule has 1 amide bonds. The van der Waals surface area contributed by atoms with Crippen LogP contribution >= 0.6 is 0 Å². The van der Waals surface area contributed by atoms with Crippen molar-refractivity contribution in [3.05, 3.63) is 0 Å². The number of nitrogens with two attached hydrogens (primary N) is 1. The summed E-state index contributed by atoms with van der Waals surface area (Å²) in [4.78, 5) is 21.2. The number of carbonyl (C=O) groups is 2. The smallest absolute Gasteiger partial charge is 0.320 e. The Labute approximate surface area is 93.6 Å². The van der Waals surface area contributed by atoms with Gasteiger partial charge in [-0.25, -0.2) is 0 Å². The van der Waals surface area contributed by atoms with Gasteiger partial charge in [-0.05, 0) is 6.42 Å². The molecule has 0 unspecified atom stereocenters. The molecule has 0 aromatic rings. The number of hydrogen-bond acceptors (Lipinski definition) is 5. The molecule has 1 atom stereocenters. The minimum absolute atomic E-state index is 0.0292.